The molecule has 2 fully saturated rings. The van der Waals surface area contributed by atoms with Gasteiger partial charge in [-0.15, -0.1) is 0 Å². The molecule has 1 unspecified atom stereocenters. The van der Waals surface area contributed by atoms with Crippen LogP contribution in [0, 0.1) is 17.7 Å². The maximum atomic E-state index is 13.4. The van der Waals surface area contributed by atoms with E-state index in [0.717, 1.165) is 70.8 Å². The van der Waals surface area contributed by atoms with E-state index < -0.39 is 0 Å². The summed E-state index contributed by atoms with van der Waals surface area (Å²) in [4.78, 5) is 19.8. The number of hydrogen-bond acceptors (Lipinski definition) is 3. The third-order valence-corrected chi connectivity index (χ3v) is 5.46. The molecule has 1 atom stereocenters. The van der Waals surface area contributed by atoms with Crippen molar-refractivity contribution < 1.29 is 9.18 Å². The molecule has 2 saturated heterocycles. The van der Waals surface area contributed by atoms with Gasteiger partial charge < -0.3 is 4.90 Å². The number of amides is 1. The first kappa shape index (κ1) is 19.3. The van der Waals surface area contributed by atoms with Gasteiger partial charge >= 0.3 is 0 Å². The van der Waals surface area contributed by atoms with Crippen LogP contribution in [0.15, 0.2) is 24.3 Å². The molecule has 0 aromatic heterocycles. The molecule has 3 rings (SSSR count). The maximum absolute atomic E-state index is 13.4. The van der Waals surface area contributed by atoms with E-state index in [9.17, 15) is 9.18 Å². The zero-order valence-corrected chi connectivity index (χ0v) is 16.2. The Hall–Kier alpha value is -1.46. The van der Waals surface area contributed by atoms with E-state index in [1.807, 2.05) is 6.07 Å². The number of piperazine rings is 1. The highest BCUT2D eigenvalue weighted by molar-refractivity contribution is 5.79. The van der Waals surface area contributed by atoms with Crippen LogP contribution in [-0.4, -0.2) is 66.4 Å². The Morgan fingerprint density at radius 2 is 1.92 bits per heavy atom. The predicted molar refractivity (Wildman–Crippen MR) is 102 cm³/mol. The summed E-state index contributed by atoms with van der Waals surface area (Å²) in [5.74, 6) is 0.894. The number of carbonyl (C=O) groups is 1. The molecule has 26 heavy (non-hydrogen) atoms. The van der Waals surface area contributed by atoms with E-state index in [-0.39, 0.29) is 11.7 Å². The second-order valence-corrected chi connectivity index (χ2v) is 8.22. The Balaban J connectivity index is 1.50. The Labute approximate surface area is 157 Å². The number of benzene rings is 1. The molecule has 144 valence electrons. The van der Waals surface area contributed by atoms with Crippen molar-refractivity contribution >= 4 is 5.91 Å². The van der Waals surface area contributed by atoms with Crippen LogP contribution in [-0.2, 0) is 11.3 Å². The van der Waals surface area contributed by atoms with E-state index >= 15 is 0 Å². The highest BCUT2D eigenvalue weighted by Gasteiger charge is 2.31. The number of carbonyl (C=O) groups excluding carboxylic acids is 1. The maximum Gasteiger partial charge on any atom is 0.227 e. The zero-order valence-electron chi connectivity index (χ0n) is 16.2. The lowest BCUT2D eigenvalue weighted by Crippen LogP contribution is -2.52. The molecule has 5 heteroatoms. The summed E-state index contributed by atoms with van der Waals surface area (Å²) < 4.78 is 13.4. The fraction of sp³-hybridized carbons (Fsp3) is 0.667. The fourth-order valence-electron chi connectivity index (χ4n) is 4.22. The highest BCUT2D eigenvalue weighted by atomic mass is 19.1. The summed E-state index contributed by atoms with van der Waals surface area (Å²) in [6, 6.07) is 6.79. The molecular weight excluding hydrogens is 329 g/mol. The lowest BCUT2D eigenvalue weighted by molar-refractivity contribution is -0.139. The second kappa shape index (κ2) is 8.96. The van der Waals surface area contributed by atoms with Gasteiger partial charge in [-0.3, -0.25) is 14.6 Å². The number of halogens is 1. The van der Waals surface area contributed by atoms with E-state index in [2.05, 4.69) is 28.5 Å². The van der Waals surface area contributed by atoms with Crippen molar-refractivity contribution in [1.29, 1.82) is 0 Å². The van der Waals surface area contributed by atoms with E-state index in [1.165, 1.54) is 6.07 Å². The first-order valence-electron chi connectivity index (χ1n) is 9.99. The van der Waals surface area contributed by atoms with Crippen molar-refractivity contribution in [3.63, 3.8) is 0 Å². The molecule has 0 spiro atoms. The Morgan fingerprint density at radius 1 is 1.15 bits per heavy atom. The SMILES string of the molecule is CC(C)CN1CCN(C(=O)C2CCCN(Cc3cccc(F)c3)C2)CC1. The van der Waals surface area contributed by atoms with E-state index in [0.29, 0.717) is 11.8 Å². The van der Waals surface area contributed by atoms with Crippen LogP contribution in [0.4, 0.5) is 4.39 Å². The van der Waals surface area contributed by atoms with Crippen LogP contribution in [0.1, 0.15) is 32.3 Å². The first-order chi connectivity index (χ1) is 12.5. The lowest BCUT2D eigenvalue weighted by Gasteiger charge is -2.39. The Morgan fingerprint density at radius 3 is 2.62 bits per heavy atom. The van der Waals surface area contributed by atoms with Crippen LogP contribution >= 0.6 is 0 Å². The van der Waals surface area contributed by atoms with E-state index in [4.69, 9.17) is 0 Å². The highest BCUT2D eigenvalue weighted by Crippen LogP contribution is 2.21. The van der Waals surface area contributed by atoms with Gasteiger partial charge in [0.2, 0.25) is 5.91 Å². The van der Waals surface area contributed by atoms with Crippen molar-refractivity contribution in [1.82, 2.24) is 14.7 Å². The lowest BCUT2D eigenvalue weighted by atomic mass is 9.95. The molecule has 0 saturated carbocycles. The number of rotatable bonds is 5. The van der Waals surface area contributed by atoms with Gasteiger partial charge in [0, 0.05) is 45.8 Å². The van der Waals surface area contributed by atoms with Crippen molar-refractivity contribution in [2.24, 2.45) is 11.8 Å². The molecule has 0 N–H and O–H groups in total. The molecule has 2 aliphatic rings. The van der Waals surface area contributed by atoms with Crippen molar-refractivity contribution in [2.75, 3.05) is 45.8 Å². The molecule has 1 amide bonds. The summed E-state index contributed by atoms with van der Waals surface area (Å²) in [5.41, 5.74) is 0.986. The number of likely N-dealkylation sites (tertiary alicyclic amines) is 1. The minimum Gasteiger partial charge on any atom is -0.340 e. The average Bonchev–Trinajstić information content (AvgIpc) is 2.61. The largest absolute Gasteiger partial charge is 0.340 e. The topological polar surface area (TPSA) is 26.8 Å². The van der Waals surface area contributed by atoms with Crippen LogP contribution in [0.25, 0.3) is 0 Å². The standard InChI is InChI=1S/C21H32FN3O/c1-17(2)14-23-9-11-25(12-10-23)21(26)19-6-4-8-24(16-19)15-18-5-3-7-20(22)13-18/h3,5,7,13,17,19H,4,6,8-12,14-16H2,1-2H3. The minimum absolute atomic E-state index is 0.0916. The second-order valence-electron chi connectivity index (χ2n) is 8.22. The zero-order chi connectivity index (χ0) is 18.5. The summed E-state index contributed by atoms with van der Waals surface area (Å²) >= 11 is 0. The normalized spacial score (nSPS) is 22.8. The fourth-order valence-corrected chi connectivity index (χ4v) is 4.22. The van der Waals surface area contributed by atoms with Gasteiger partial charge in [0.15, 0.2) is 0 Å². The van der Waals surface area contributed by atoms with Crippen LogP contribution < -0.4 is 0 Å². The van der Waals surface area contributed by atoms with E-state index in [1.54, 1.807) is 12.1 Å². The van der Waals surface area contributed by atoms with Crippen molar-refractivity contribution in [2.45, 2.75) is 33.2 Å². The molecular formula is C21H32FN3O. The minimum atomic E-state index is -0.189. The number of piperidine rings is 1. The van der Waals surface area contributed by atoms with Gasteiger partial charge in [0.1, 0.15) is 5.82 Å². The quantitative estimate of drug-likeness (QED) is 0.807. The smallest absolute Gasteiger partial charge is 0.227 e. The average molecular weight is 362 g/mol. The summed E-state index contributed by atoms with van der Waals surface area (Å²) in [6.07, 6.45) is 2.02. The molecule has 0 bridgehead atoms. The number of nitrogens with zero attached hydrogens (tertiary/aromatic N) is 3. The summed E-state index contributed by atoms with van der Waals surface area (Å²) in [6.45, 7) is 11.8. The van der Waals surface area contributed by atoms with Crippen LogP contribution in [0.3, 0.4) is 0 Å². The molecule has 1 aromatic carbocycles. The molecule has 0 aliphatic carbocycles. The van der Waals surface area contributed by atoms with Gasteiger partial charge in [-0.05, 0) is 43.0 Å². The number of hydrogen-bond donors (Lipinski definition) is 0. The summed E-state index contributed by atoms with van der Waals surface area (Å²) in [5, 5.41) is 0. The monoisotopic (exact) mass is 361 g/mol. The molecule has 2 heterocycles. The van der Waals surface area contributed by atoms with Gasteiger partial charge in [-0.2, -0.15) is 0 Å². The van der Waals surface area contributed by atoms with Crippen molar-refractivity contribution in [3.05, 3.63) is 35.6 Å². The Kier molecular flexibility index (Phi) is 6.65. The third kappa shape index (κ3) is 5.27. The summed E-state index contributed by atoms with van der Waals surface area (Å²) in [7, 11) is 0. The van der Waals surface area contributed by atoms with Crippen LogP contribution in [0.2, 0.25) is 0 Å². The Bertz CT molecular complexity index is 599. The van der Waals surface area contributed by atoms with Gasteiger partial charge in [-0.1, -0.05) is 26.0 Å². The van der Waals surface area contributed by atoms with Gasteiger partial charge in [-0.25, -0.2) is 4.39 Å². The molecule has 0 radical (unpaired) electrons. The van der Waals surface area contributed by atoms with Gasteiger partial charge in [0.05, 0.1) is 5.92 Å². The first-order valence-corrected chi connectivity index (χ1v) is 9.99. The van der Waals surface area contributed by atoms with Crippen LogP contribution in [0.5, 0.6) is 0 Å². The predicted octanol–water partition coefficient (Wildman–Crippen LogP) is 2.84. The molecule has 1 aromatic rings. The van der Waals surface area contributed by atoms with Gasteiger partial charge in [0.25, 0.3) is 0 Å². The van der Waals surface area contributed by atoms with Crippen molar-refractivity contribution in [3.8, 4) is 0 Å². The third-order valence-electron chi connectivity index (χ3n) is 5.46. The molecule has 4 nitrogen and oxygen atoms in total. The molecule has 2 aliphatic heterocycles.